The number of aliphatic imine (C=N–C) groups is 1. The van der Waals surface area contributed by atoms with Crippen molar-refractivity contribution in [1.29, 1.82) is 0 Å². The fourth-order valence-corrected chi connectivity index (χ4v) is 2.26. The lowest BCUT2D eigenvalue weighted by molar-refractivity contribution is 0.612. The minimum atomic E-state index is 0.580. The molecular formula is C11H22N4. The number of nitrogens with zero attached hydrogens (tertiary/aromatic N) is 1. The normalized spacial score (nSPS) is 31.7. The number of guanidine groups is 1. The fraction of sp³-hybridized carbons (Fsp3) is 0.909. The molecule has 0 saturated heterocycles. The SMILES string of the molecule is CC1CC1CN=C(NN)NC1CCCC1. The topological polar surface area (TPSA) is 62.4 Å². The Bertz CT molecular complexity index is 233. The molecule has 2 aliphatic rings. The highest BCUT2D eigenvalue weighted by Gasteiger charge is 2.32. The summed E-state index contributed by atoms with van der Waals surface area (Å²) in [6.07, 6.45) is 6.48. The number of rotatable bonds is 3. The average molecular weight is 210 g/mol. The molecule has 0 aromatic heterocycles. The van der Waals surface area contributed by atoms with Gasteiger partial charge in [-0.05, 0) is 31.1 Å². The van der Waals surface area contributed by atoms with Crippen molar-refractivity contribution >= 4 is 5.96 Å². The molecule has 0 radical (unpaired) electrons. The Balaban J connectivity index is 1.75. The van der Waals surface area contributed by atoms with Gasteiger partial charge in [-0.25, -0.2) is 5.84 Å². The fourth-order valence-electron chi connectivity index (χ4n) is 2.26. The molecule has 0 amide bonds. The van der Waals surface area contributed by atoms with Crippen LogP contribution < -0.4 is 16.6 Å². The number of hydrogen-bond acceptors (Lipinski definition) is 2. The molecule has 0 aromatic rings. The van der Waals surface area contributed by atoms with Gasteiger partial charge in [0.25, 0.3) is 0 Å². The van der Waals surface area contributed by atoms with Gasteiger partial charge in [0.2, 0.25) is 5.96 Å². The number of nitrogens with one attached hydrogen (secondary N) is 2. The Kier molecular flexibility index (Phi) is 3.46. The van der Waals surface area contributed by atoms with Crippen molar-refractivity contribution in [3.8, 4) is 0 Å². The molecule has 0 bridgehead atoms. The van der Waals surface area contributed by atoms with Crippen LogP contribution in [0.4, 0.5) is 0 Å². The van der Waals surface area contributed by atoms with Gasteiger partial charge in [0.05, 0.1) is 0 Å². The molecule has 15 heavy (non-hydrogen) atoms. The molecule has 2 aliphatic carbocycles. The van der Waals surface area contributed by atoms with Crippen LogP contribution in [0.3, 0.4) is 0 Å². The first-order valence-corrected chi connectivity index (χ1v) is 6.07. The highest BCUT2D eigenvalue weighted by Crippen LogP contribution is 2.37. The quantitative estimate of drug-likeness (QED) is 0.282. The van der Waals surface area contributed by atoms with Crippen molar-refractivity contribution in [1.82, 2.24) is 10.7 Å². The van der Waals surface area contributed by atoms with Crippen molar-refractivity contribution in [2.75, 3.05) is 6.54 Å². The van der Waals surface area contributed by atoms with Gasteiger partial charge in [-0.15, -0.1) is 0 Å². The molecule has 0 aromatic carbocycles. The molecule has 4 N–H and O–H groups in total. The van der Waals surface area contributed by atoms with Gasteiger partial charge >= 0.3 is 0 Å². The molecule has 0 heterocycles. The Morgan fingerprint density at radius 1 is 1.40 bits per heavy atom. The first-order valence-electron chi connectivity index (χ1n) is 6.07. The van der Waals surface area contributed by atoms with E-state index in [1.807, 2.05) is 0 Å². The summed E-state index contributed by atoms with van der Waals surface area (Å²) >= 11 is 0. The summed E-state index contributed by atoms with van der Waals surface area (Å²) in [7, 11) is 0. The van der Waals surface area contributed by atoms with Gasteiger partial charge in [-0.3, -0.25) is 10.4 Å². The highest BCUT2D eigenvalue weighted by atomic mass is 15.3. The van der Waals surface area contributed by atoms with Gasteiger partial charge in [0.1, 0.15) is 0 Å². The third-order valence-electron chi connectivity index (χ3n) is 3.59. The summed E-state index contributed by atoms with van der Waals surface area (Å²) in [5.74, 6) is 7.88. The summed E-state index contributed by atoms with van der Waals surface area (Å²) in [6.45, 7) is 3.19. The van der Waals surface area contributed by atoms with E-state index in [0.29, 0.717) is 6.04 Å². The molecule has 0 spiro atoms. The molecule has 2 fully saturated rings. The third-order valence-corrected chi connectivity index (χ3v) is 3.59. The van der Waals surface area contributed by atoms with Crippen molar-refractivity contribution in [2.24, 2.45) is 22.7 Å². The van der Waals surface area contributed by atoms with Crippen molar-refractivity contribution in [2.45, 2.75) is 45.1 Å². The summed E-state index contributed by atoms with van der Waals surface area (Å²) < 4.78 is 0. The van der Waals surface area contributed by atoms with Crippen LogP contribution in [0.25, 0.3) is 0 Å². The zero-order valence-corrected chi connectivity index (χ0v) is 9.50. The Morgan fingerprint density at radius 2 is 2.07 bits per heavy atom. The van der Waals surface area contributed by atoms with E-state index in [4.69, 9.17) is 5.84 Å². The van der Waals surface area contributed by atoms with Crippen LogP contribution in [0.2, 0.25) is 0 Å². The van der Waals surface area contributed by atoms with Crippen LogP contribution in [-0.2, 0) is 0 Å². The van der Waals surface area contributed by atoms with Crippen LogP contribution in [0.15, 0.2) is 4.99 Å². The van der Waals surface area contributed by atoms with Gasteiger partial charge in [-0.2, -0.15) is 0 Å². The molecule has 2 rings (SSSR count). The summed E-state index contributed by atoms with van der Waals surface area (Å²) in [5, 5.41) is 3.38. The smallest absolute Gasteiger partial charge is 0.205 e. The highest BCUT2D eigenvalue weighted by molar-refractivity contribution is 5.79. The molecule has 2 unspecified atom stereocenters. The predicted octanol–water partition coefficient (Wildman–Crippen LogP) is 0.994. The van der Waals surface area contributed by atoms with E-state index in [9.17, 15) is 0 Å². The monoisotopic (exact) mass is 210 g/mol. The summed E-state index contributed by atoms with van der Waals surface area (Å²) in [6, 6.07) is 0.580. The van der Waals surface area contributed by atoms with E-state index in [0.717, 1.165) is 24.3 Å². The third kappa shape index (κ3) is 3.09. The molecule has 4 heteroatoms. The number of nitrogens with two attached hydrogens (primary N) is 1. The van der Waals surface area contributed by atoms with E-state index >= 15 is 0 Å². The van der Waals surface area contributed by atoms with Crippen molar-refractivity contribution < 1.29 is 0 Å². The minimum absolute atomic E-state index is 0.580. The molecule has 4 nitrogen and oxygen atoms in total. The number of hydrogen-bond donors (Lipinski definition) is 3. The molecule has 86 valence electrons. The number of hydrazine groups is 1. The van der Waals surface area contributed by atoms with Gasteiger partial charge in [0.15, 0.2) is 0 Å². The van der Waals surface area contributed by atoms with Gasteiger partial charge < -0.3 is 5.32 Å². The van der Waals surface area contributed by atoms with Crippen molar-refractivity contribution in [3.63, 3.8) is 0 Å². The standard InChI is InChI=1S/C11H22N4/c1-8-6-9(8)7-13-11(15-12)14-10-4-2-3-5-10/h8-10H,2-7,12H2,1H3,(H2,13,14,15). The van der Waals surface area contributed by atoms with E-state index in [1.165, 1.54) is 32.1 Å². The van der Waals surface area contributed by atoms with Crippen LogP contribution in [0.5, 0.6) is 0 Å². The largest absolute Gasteiger partial charge is 0.353 e. The van der Waals surface area contributed by atoms with Crippen LogP contribution in [0.1, 0.15) is 39.0 Å². The molecule has 2 saturated carbocycles. The minimum Gasteiger partial charge on any atom is -0.353 e. The maximum atomic E-state index is 5.45. The lowest BCUT2D eigenvalue weighted by Gasteiger charge is -2.14. The second-order valence-electron chi connectivity index (χ2n) is 4.93. The maximum Gasteiger partial charge on any atom is 0.205 e. The van der Waals surface area contributed by atoms with Gasteiger partial charge in [0, 0.05) is 12.6 Å². The Morgan fingerprint density at radius 3 is 2.60 bits per heavy atom. The molecule has 2 atom stereocenters. The average Bonchev–Trinajstić information content (AvgIpc) is 2.75. The predicted molar refractivity (Wildman–Crippen MR) is 62.3 cm³/mol. The Labute approximate surface area is 91.7 Å². The second-order valence-corrected chi connectivity index (χ2v) is 4.93. The first kappa shape index (κ1) is 10.7. The lowest BCUT2D eigenvalue weighted by atomic mass is 10.2. The van der Waals surface area contributed by atoms with Gasteiger partial charge in [-0.1, -0.05) is 19.8 Å². The zero-order chi connectivity index (χ0) is 10.7. The molecular weight excluding hydrogens is 188 g/mol. The lowest BCUT2D eigenvalue weighted by Crippen LogP contribution is -2.45. The van der Waals surface area contributed by atoms with Crippen LogP contribution >= 0.6 is 0 Å². The summed E-state index contributed by atoms with van der Waals surface area (Å²) in [5.41, 5.74) is 2.67. The van der Waals surface area contributed by atoms with Crippen molar-refractivity contribution in [3.05, 3.63) is 0 Å². The van der Waals surface area contributed by atoms with Crippen LogP contribution in [0, 0.1) is 11.8 Å². The molecule has 0 aliphatic heterocycles. The van der Waals surface area contributed by atoms with E-state index in [-0.39, 0.29) is 0 Å². The second kappa shape index (κ2) is 4.84. The first-order chi connectivity index (χ1) is 7.29. The van der Waals surface area contributed by atoms with Crippen LogP contribution in [-0.4, -0.2) is 18.5 Å². The zero-order valence-electron chi connectivity index (χ0n) is 9.50. The van der Waals surface area contributed by atoms with E-state index < -0.39 is 0 Å². The van der Waals surface area contributed by atoms with E-state index in [1.54, 1.807) is 0 Å². The van der Waals surface area contributed by atoms with E-state index in [2.05, 4.69) is 22.7 Å². The Hall–Kier alpha value is -0.770. The maximum absolute atomic E-state index is 5.45. The summed E-state index contributed by atoms with van der Waals surface area (Å²) in [4.78, 5) is 4.49.